The molecule has 0 aliphatic carbocycles. The van der Waals surface area contributed by atoms with Crippen LogP contribution in [0, 0.1) is 0 Å². The van der Waals surface area contributed by atoms with Gasteiger partial charge in [0.25, 0.3) is 11.5 Å². The molecule has 7 nitrogen and oxygen atoms in total. The number of aromatic hydroxyl groups is 1. The Labute approximate surface area is 161 Å². The summed E-state index contributed by atoms with van der Waals surface area (Å²) in [5.74, 6) is -1.61. The molecule has 0 radical (unpaired) electrons. The molecule has 0 aliphatic heterocycles. The van der Waals surface area contributed by atoms with Gasteiger partial charge in [-0.25, -0.2) is 4.79 Å². The fourth-order valence-corrected chi connectivity index (χ4v) is 3.07. The van der Waals surface area contributed by atoms with Crippen molar-refractivity contribution in [1.82, 2.24) is 4.57 Å². The lowest BCUT2D eigenvalue weighted by Gasteiger charge is -2.15. The molecule has 1 heterocycles. The van der Waals surface area contributed by atoms with Gasteiger partial charge in [0.15, 0.2) is 0 Å². The molecule has 0 bridgehead atoms. The second kappa shape index (κ2) is 7.96. The number of hydrogen-bond donors (Lipinski definition) is 2. The van der Waals surface area contributed by atoms with Crippen LogP contribution in [0.3, 0.4) is 0 Å². The van der Waals surface area contributed by atoms with Crippen molar-refractivity contribution in [3.63, 3.8) is 0 Å². The van der Waals surface area contributed by atoms with Gasteiger partial charge in [-0.05, 0) is 32.0 Å². The lowest BCUT2D eigenvalue weighted by Crippen LogP contribution is -2.24. The van der Waals surface area contributed by atoms with Gasteiger partial charge in [0.05, 0.1) is 17.9 Å². The zero-order valence-corrected chi connectivity index (χ0v) is 15.6. The van der Waals surface area contributed by atoms with Crippen LogP contribution in [0.1, 0.15) is 34.6 Å². The van der Waals surface area contributed by atoms with Crippen LogP contribution < -0.4 is 10.9 Å². The van der Waals surface area contributed by atoms with Gasteiger partial charge in [0, 0.05) is 17.3 Å². The minimum absolute atomic E-state index is 0.0317. The molecule has 3 rings (SSSR count). The maximum Gasteiger partial charge on any atom is 0.340 e. The number of amides is 1. The zero-order chi connectivity index (χ0) is 20.3. The molecular formula is C21H20N2O5. The number of rotatable bonds is 5. The van der Waals surface area contributed by atoms with Gasteiger partial charge in [-0.3, -0.25) is 14.2 Å². The number of aromatic nitrogens is 1. The largest absolute Gasteiger partial charge is 0.494 e. The van der Waals surface area contributed by atoms with Crippen molar-refractivity contribution in [2.75, 3.05) is 11.9 Å². The van der Waals surface area contributed by atoms with Crippen LogP contribution in [0.5, 0.6) is 5.88 Å². The van der Waals surface area contributed by atoms with E-state index in [1.807, 2.05) is 0 Å². The van der Waals surface area contributed by atoms with Gasteiger partial charge < -0.3 is 15.2 Å². The summed E-state index contributed by atoms with van der Waals surface area (Å²) in [6, 6.07) is 13.0. The Morgan fingerprint density at radius 1 is 1.04 bits per heavy atom. The van der Waals surface area contributed by atoms with E-state index in [-0.39, 0.29) is 35.5 Å². The second-order valence-corrected chi connectivity index (χ2v) is 6.01. The molecule has 1 amide bonds. The van der Waals surface area contributed by atoms with E-state index in [9.17, 15) is 19.5 Å². The Morgan fingerprint density at radius 3 is 2.36 bits per heavy atom. The minimum atomic E-state index is -0.632. The molecule has 1 aromatic heterocycles. The van der Waals surface area contributed by atoms with E-state index in [0.717, 1.165) is 4.57 Å². The highest BCUT2D eigenvalue weighted by Crippen LogP contribution is 2.26. The summed E-state index contributed by atoms with van der Waals surface area (Å²) in [4.78, 5) is 37.7. The van der Waals surface area contributed by atoms with Crippen LogP contribution in [0.2, 0.25) is 0 Å². The van der Waals surface area contributed by atoms with E-state index in [2.05, 4.69) is 5.32 Å². The Balaban J connectivity index is 2.12. The van der Waals surface area contributed by atoms with Gasteiger partial charge in [-0.1, -0.05) is 30.3 Å². The highest BCUT2D eigenvalue weighted by atomic mass is 16.5. The van der Waals surface area contributed by atoms with Crippen molar-refractivity contribution in [3.8, 4) is 5.88 Å². The van der Waals surface area contributed by atoms with Crippen LogP contribution >= 0.6 is 0 Å². The molecule has 2 N–H and O–H groups in total. The molecule has 144 valence electrons. The molecule has 0 atom stereocenters. The van der Waals surface area contributed by atoms with Crippen molar-refractivity contribution < 1.29 is 19.4 Å². The molecule has 0 aliphatic rings. The van der Waals surface area contributed by atoms with Crippen molar-refractivity contribution in [3.05, 3.63) is 70.0 Å². The van der Waals surface area contributed by atoms with Gasteiger partial charge in [-0.15, -0.1) is 0 Å². The number of fused-ring (bicyclic) bond motifs is 1. The van der Waals surface area contributed by atoms with Crippen molar-refractivity contribution in [1.29, 1.82) is 0 Å². The van der Waals surface area contributed by atoms with Crippen LogP contribution in [-0.2, 0) is 11.3 Å². The molecule has 3 aromatic rings. The smallest absolute Gasteiger partial charge is 0.340 e. The van der Waals surface area contributed by atoms with Crippen molar-refractivity contribution >= 4 is 28.3 Å². The van der Waals surface area contributed by atoms with Crippen molar-refractivity contribution in [2.45, 2.75) is 20.4 Å². The quantitative estimate of drug-likeness (QED) is 0.663. The minimum Gasteiger partial charge on any atom is -0.494 e. The second-order valence-electron chi connectivity index (χ2n) is 6.01. The molecule has 2 aromatic carbocycles. The Kier molecular flexibility index (Phi) is 5.44. The monoisotopic (exact) mass is 380 g/mol. The average Bonchev–Trinajstić information content (AvgIpc) is 2.69. The first-order chi connectivity index (χ1) is 13.5. The van der Waals surface area contributed by atoms with E-state index < -0.39 is 17.8 Å². The third-order valence-electron chi connectivity index (χ3n) is 4.37. The van der Waals surface area contributed by atoms with Crippen LogP contribution in [0.25, 0.3) is 10.8 Å². The molecule has 7 heteroatoms. The summed E-state index contributed by atoms with van der Waals surface area (Å²) < 4.78 is 6.15. The maximum atomic E-state index is 13.0. The summed E-state index contributed by atoms with van der Waals surface area (Å²) in [6.07, 6.45) is 0. The normalized spacial score (nSPS) is 10.6. The Bertz CT molecular complexity index is 1120. The topological polar surface area (TPSA) is 97.6 Å². The number of ether oxygens (including phenoxy) is 1. The molecular weight excluding hydrogens is 360 g/mol. The average molecular weight is 380 g/mol. The first-order valence-electron chi connectivity index (χ1n) is 8.91. The molecule has 0 saturated carbocycles. The number of carbonyl (C=O) groups is 2. The number of esters is 1. The fourth-order valence-electron chi connectivity index (χ4n) is 3.07. The van der Waals surface area contributed by atoms with E-state index in [4.69, 9.17) is 4.74 Å². The number of carbonyl (C=O) groups excluding carboxylic acids is 2. The van der Waals surface area contributed by atoms with Gasteiger partial charge in [0.2, 0.25) is 5.88 Å². The molecule has 28 heavy (non-hydrogen) atoms. The van der Waals surface area contributed by atoms with Crippen LogP contribution in [-0.4, -0.2) is 28.2 Å². The predicted octanol–water partition coefficient (Wildman–Crippen LogP) is 3.16. The summed E-state index contributed by atoms with van der Waals surface area (Å²) >= 11 is 0. The predicted molar refractivity (Wildman–Crippen MR) is 106 cm³/mol. The Hall–Kier alpha value is -3.61. The number of nitrogens with one attached hydrogen (secondary N) is 1. The van der Waals surface area contributed by atoms with Crippen molar-refractivity contribution in [2.24, 2.45) is 0 Å². The highest BCUT2D eigenvalue weighted by molar-refractivity contribution is 6.15. The number of benzene rings is 2. The SMILES string of the molecule is CCOC(=O)c1ccccc1NC(=O)c1c(O)n(CC)c(=O)c2ccccc12. The number of para-hydroxylation sites is 1. The molecule has 0 saturated heterocycles. The van der Waals surface area contributed by atoms with Crippen LogP contribution in [0.4, 0.5) is 5.69 Å². The fraction of sp³-hybridized carbons (Fsp3) is 0.190. The van der Waals surface area contributed by atoms with Gasteiger partial charge >= 0.3 is 5.97 Å². The zero-order valence-electron chi connectivity index (χ0n) is 15.6. The third kappa shape index (κ3) is 3.34. The number of pyridine rings is 1. The van der Waals surface area contributed by atoms with E-state index >= 15 is 0 Å². The lowest BCUT2D eigenvalue weighted by molar-refractivity contribution is 0.0527. The van der Waals surface area contributed by atoms with E-state index in [1.165, 1.54) is 0 Å². The number of hydrogen-bond acceptors (Lipinski definition) is 5. The number of anilines is 1. The summed E-state index contributed by atoms with van der Waals surface area (Å²) in [6.45, 7) is 3.80. The maximum absolute atomic E-state index is 13.0. The Morgan fingerprint density at radius 2 is 1.68 bits per heavy atom. The van der Waals surface area contributed by atoms with E-state index in [0.29, 0.717) is 10.8 Å². The summed E-state index contributed by atoms with van der Waals surface area (Å²) in [5.41, 5.74) is 0.0452. The van der Waals surface area contributed by atoms with Gasteiger partial charge in [-0.2, -0.15) is 0 Å². The number of nitrogens with zero attached hydrogens (tertiary/aromatic N) is 1. The molecule has 0 fully saturated rings. The standard InChI is InChI=1S/C21H20N2O5/c1-3-23-19(25)14-10-6-5-9-13(14)17(20(23)26)18(24)22-16-12-8-7-11-15(16)21(27)28-4-2/h5-12,26H,3-4H2,1-2H3,(H,22,24). The van der Waals surface area contributed by atoms with Gasteiger partial charge in [0.1, 0.15) is 5.56 Å². The third-order valence-corrected chi connectivity index (χ3v) is 4.37. The highest BCUT2D eigenvalue weighted by Gasteiger charge is 2.22. The summed E-state index contributed by atoms with van der Waals surface area (Å²) in [5, 5.41) is 13.9. The lowest BCUT2D eigenvalue weighted by atomic mass is 10.1. The van der Waals surface area contributed by atoms with Crippen LogP contribution in [0.15, 0.2) is 53.3 Å². The molecule has 0 spiro atoms. The first-order valence-corrected chi connectivity index (χ1v) is 8.91. The first kappa shape index (κ1) is 19.2. The van der Waals surface area contributed by atoms with E-state index in [1.54, 1.807) is 62.4 Å². The summed E-state index contributed by atoms with van der Waals surface area (Å²) in [7, 11) is 0. The molecule has 0 unspecified atom stereocenters.